The second-order valence-corrected chi connectivity index (χ2v) is 3.36. The molecule has 6 nitrogen and oxygen atoms in total. The van der Waals surface area contributed by atoms with Crippen LogP contribution in [0.1, 0.15) is 6.42 Å². The number of methoxy groups -OCH3 is 1. The zero-order valence-corrected chi connectivity index (χ0v) is 9.21. The number of aliphatic carboxylic acids is 2. The predicted octanol–water partition coefficient (Wildman–Crippen LogP) is 1.03. The lowest BCUT2D eigenvalue weighted by molar-refractivity contribution is -0.144. The molecule has 1 atom stereocenters. The van der Waals surface area contributed by atoms with E-state index in [-0.39, 0.29) is 0 Å². The van der Waals surface area contributed by atoms with Gasteiger partial charge in [0.25, 0.3) is 0 Å². The molecule has 0 aromatic heterocycles. The molecule has 0 bridgehead atoms. The molecular weight excluding hydrogens is 226 g/mol. The van der Waals surface area contributed by atoms with Gasteiger partial charge in [-0.3, -0.25) is 4.79 Å². The molecule has 17 heavy (non-hydrogen) atoms. The Kier molecular flexibility index (Phi) is 4.33. The number of hydrogen-bond donors (Lipinski definition) is 3. The fourth-order valence-electron chi connectivity index (χ4n) is 1.29. The Labute approximate surface area is 97.8 Å². The first kappa shape index (κ1) is 12.8. The van der Waals surface area contributed by atoms with Crippen molar-refractivity contribution in [3.63, 3.8) is 0 Å². The monoisotopic (exact) mass is 239 g/mol. The highest BCUT2D eigenvalue weighted by Gasteiger charge is 2.20. The molecule has 0 aliphatic heterocycles. The summed E-state index contributed by atoms with van der Waals surface area (Å²) in [7, 11) is 1.49. The second kappa shape index (κ2) is 5.74. The summed E-state index contributed by atoms with van der Waals surface area (Å²) in [6, 6.07) is 5.46. The van der Waals surface area contributed by atoms with E-state index in [1.54, 1.807) is 24.3 Å². The number of carbonyl (C=O) groups is 2. The van der Waals surface area contributed by atoms with Gasteiger partial charge in [-0.2, -0.15) is 0 Å². The van der Waals surface area contributed by atoms with E-state index in [2.05, 4.69) is 5.32 Å². The molecule has 0 radical (unpaired) electrons. The van der Waals surface area contributed by atoms with Crippen molar-refractivity contribution in [3.05, 3.63) is 24.3 Å². The molecule has 0 heterocycles. The van der Waals surface area contributed by atoms with Gasteiger partial charge in [0.1, 0.15) is 11.8 Å². The van der Waals surface area contributed by atoms with Gasteiger partial charge in [-0.05, 0) is 12.1 Å². The third-order valence-corrected chi connectivity index (χ3v) is 2.09. The largest absolute Gasteiger partial charge is 0.497 e. The van der Waals surface area contributed by atoms with Crippen LogP contribution >= 0.6 is 0 Å². The first-order valence-electron chi connectivity index (χ1n) is 4.88. The van der Waals surface area contributed by atoms with Gasteiger partial charge in [-0.25, -0.2) is 4.79 Å². The molecule has 0 amide bonds. The molecular formula is C11H13NO5. The number of ether oxygens (including phenoxy) is 1. The van der Waals surface area contributed by atoms with Crippen molar-refractivity contribution in [2.75, 3.05) is 12.4 Å². The lowest BCUT2D eigenvalue weighted by Crippen LogP contribution is -2.31. The Morgan fingerprint density at radius 3 is 2.65 bits per heavy atom. The fraction of sp³-hybridized carbons (Fsp3) is 0.273. The minimum Gasteiger partial charge on any atom is -0.497 e. The zero-order valence-electron chi connectivity index (χ0n) is 9.21. The summed E-state index contributed by atoms with van der Waals surface area (Å²) >= 11 is 0. The van der Waals surface area contributed by atoms with E-state index in [1.807, 2.05) is 0 Å². The topological polar surface area (TPSA) is 95.9 Å². The lowest BCUT2D eigenvalue weighted by atomic mass is 10.2. The van der Waals surface area contributed by atoms with Crippen molar-refractivity contribution in [2.24, 2.45) is 0 Å². The third-order valence-electron chi connectivity index (χ3n) is 2.09. The van der Waals surface area contributed by atoms with E-state index >= 15 is 0 Å². The first-order chi connectivity index (χ1) is 8.02. The SMILES string of the molecule is COc1cccc(NC(CC(=O)O)C(=O)O)c1. The van der Waals surface area contributed by atoms with Crippen LogP contribution in [0.4, 0.5) is 5.69 Å². The fourth-order valence-corrected chi connectivity index (χ4v) is 1.29. The molecule has 6 heteroatoms. The molecule has 1 aromatic carbocycles. The molecule has 0 aliphatic carbocycles. The van der Waals surface area contributed by atoms with Crippen LogP contribution in [0.15, 0.2) is 24.3 Å². The Hall–Kier alpha value is -2.24. The highest BCUT2D eigenvalue weighted by molar-refractivity contribution is 5.83. The summed E-state index contributed by atoms with van der Waals surface area (Å²) in [6.45, 7) is 0. The van der Waals surface area contributed by atoms with Crippen LogP contribution in [-0.4, -0.2) is 35.3 Å². The number of nitrogens with one attached hydrogen (secondary N) is 1. The average Bonchev–Trinajstić information content (AvgIpc) is 2.27. The maximum atomic E-state index is 10.8. The van der Waals surface area contributed by atoms with Crippen LogP contribution < -0.4 is 10.1 Å². The summed E-state index contributed by atoms with van der Waals surface area (Å²) in [5.74, 6) is -1.82. The highest BCUT2D eigenvalue weighted by atomic mass is 16.5. The molecule has 0 fully saturated rings. The minimum absolute atomic E-state index is 0.494. The van der Waals surface area contributed by atoms with E-state index in [1.165, 1.54) is 7.11 Å². The molecule has 0 saturated carbocycles. The van der Waals surface area contributed by atoms with E-state index in [4.69, 9.17) is 14.9 Å². The van der Waals surface area contributed by atoms with Gasteiger partial charge in [0.15, 0.2) is 0 Å². The molecule has 0 spiro atoms. The van der Waals surface area contributed by atoms with Crippen LogP contribution in [-0.2, 0) is 9.59 Å². The number of benzene rings is 1. The molecule has 1 rings (SSSR count). The van der Waals surface area contributed by atoms with Crippen LogP contribution in [0, 0.1) is 0 Å². The van der Waals surface area contributed by atoms with Crippen LogP contribution in [0.5, 0.6) is 5.75 Å². The number of hydrogen-bond acceptors (Lipinski definition) is 4. The van der Waals surface area contributed by atoms with Crippen molar-refractivity contribution < 1.29 is 24.5 Å². The third kappa shape index (κ3) is 4.02. The number of anilines is 1. The van der Waals surface area contributed by atoms with Crippen molar-refractivity contribution in [3.8, 4) is 5.75 Å². The molecule has 3 N–H and O–H groups in total. The van der Waals surface area contributed by atoms with E-state index in [0.29, 0.717) is 11.4 Å². The van der Waals surface area contributed by atoms with Crippen LogP contribution in [0.2, 0.25) is 0 Å². The maximum absolute atomic E-state index is 10.8. The van der Waals surface area contributed by atoms with Crippen LogP contribution in [0.25, 0.3) is 0 Å². The van der Waals surface area contributed by atoms with Gasteiger partial charge in [0.2, 0.25) is 0 Å². The molecule has 92 valence electrons. The summed E-state index contributed by atoms with van der Waals surface area (Å²) in [5, 5.41) is 20.1. The summed E-state index contributed by atoms with van der Waals surface area (Å²) in [4.78, 5) is 21.3. The second-order valence-electron chi connectivity index (χ2n) is 3.36. The Bertz CT molecular complexity index is 418. The number of carboxylic acids is 2. The highest BCUT2D eigenvalue weighted by Crippen LogP contribution is 2.18. The quantitative estimate of drug-likeness (QED) is 0.686. The van der Waals surface area contributed by atoms with E-state index in [0.717, 1.165) is 0 Å². The summed E-state index contributed by atoms with van der Waals surface area (Å²) < 4.78 is 4.97. The zero-order chi connectivity index (χ0) is 12.8. The maximum Gasteiger partial charge on any atom is 0.326 e. The minimum atomic E-state index is -1.21. The van der Waals surface area contributed by atoms with Crippen molar-refractivity contribution in [1.29, 1.82) is 0 Å². The van der Waals surface area contributed by atoms with Gasteiger partial charge in [-0.1, -0.05) is 6.07 Å². The van der Waals surface area contributed by atoms with Gasteiger partial charge in [0, 0.05) is 11.8 Å². The van der Waals surface area contributed by atoms with E-state index < -0.39 is 24.4 Å². The Morgan fingerprint density at radius 2 is 2.12 bits per heavy atom. The van der Waals surface area contributed by atoms with Crippen LogP contribution in [0.3, 0.4) is 0 Å². The summed E-state index contributed by atoms with van der Waals surface area (Å²) in [5.41, 5.74) is 0.498. The van der Waals surface area contributed by atoms with Gasteiger partial charge in [-0.15, -0.1) is 0 Å². The molecule has 1 unspecified atom stereocenters. The number of carboxylic acid groups (broad SMARTS) is 2. The first-order valence-corrected chi connectivity index (χ1v) is 4.88. The van der Waals surface area contributed by atoms with E-state index in [9.17, 15) is 9.59 Å². The Balaban J connectivity index is 2.78. The van der Waals surface area contributed by atoms with Crippen molar-refractivity contribution in [1.82, 2.24) is 0 Å². The standard InChI is InChI=1S/C11H13NO5/c1-17-8-4-2-3-7(5-8)12-9(11(15)16)6-10(13)14/h2-5,9,12H,6H2,1H3,(H,13,14)(H,15,16). The predicted molar refractivity (Wildman–Crippen MR) is 60.3 cm³/mol. The van der Waals surface area contributed by atoms with Crippen molar-refractivity contribution in [2.45, 2.75) is 12.5 Å². The van der Waals surface area contributed by atoms with Gasteiger partial charge in [0.05, 0.1) is 13.5 Å². The smallest absolute Gasteiger partial charge is 0.326 e. The summed E-state index contributed by atoms with van der Waals surface area (Å²) in [6.07, 6.45) is -0.494. The normalized spacial score (nSPS) is 11.6. The van der Waals surface area contributed by atoms with Crippen molar-refractivity contribution >= 4 is 17.6 Å². The molecule has 0 saturated heterocycles. The number of rotatable bonds is 6. The Morgan fingerprint density at radius 1 is 1.41 bits per heavy atom. The average molecular weight is 239 g/mol. The van der Waals surface area contributed by atoms with Gasteiger partial charge >= 0.3 is 11.9 Å². The lowest BCUT2D eigenvalue weighted by Gasteiger charge is -2.14. The molecule has 0 aliphatic rings. The van der Waals surface area contributed by atoms with Gasteiger partial charge < -0.3 is 20.3 Å². The molecule has 1 aromatic rings.